The highest BCUT2D eigenvalue weighted by atomic mass is 79.9. The summed E-state index contributed by atoms with van der Waals surface area (Å²) >= 11 is 16.4. The molecule has 0 bridgehead atoms. The van der Waals surface area contributed by atoms with E-state index in [1.165, 1.54) is 11.8 Å². The molecular formula is C13H9BrCl2N2OS. The third-order valence-corrected chi connectivity index (χ3v) is 4.05. The highest BCUT2D eigenvalue weighted by Crippen LogP contribution is 2.23. The molecule has 0 aliphatic carbocycles. The average molecular weight is 392 g/mol. The minimum Gasteiger partial charge on any atom is -0.325 e. The third kappa shape index (κ3) is 4.98. The fourth-order valence-corrected chi connectivity index (χ4v) is 2.81. The number of nitrogens with zero attached hydrogens (tertiary/aromatic N) is 1. The second-order valence-corrected chi connectivity index (χ2v) is 6.59. The Morgan fingerprint density at radius 2 is 1.95 bits per heavy atom. The second-order valence-electron chi connectivity index (χ2n) is 3.81. The van der Waals surface area contributed by atoms with Gasteiger partial charge in [0.2, 0.25) is 5.91 Å². The van der Waals surface area contributed by atoms with Crippen molar-refractivity contribution >= 4 is 62.5 Å². The van der Waals surface area contributed by atoms with Crippen LogP contribution in [-0.2, 0) is 4.79 Å². The van der Waals surface area contributed by atoms with Crippen molar-refractivity contribution in [1.82, 2.24) is 4.98 Å². The number of amides is 1. The Labute approximate surface area is 139 Å². The van der Waals surface area contributed by atoms with Crippen molar-refractivity contribution < 1.29 is 4.79 Å². The third-order valence-electron chi connectivity index (χ3n) is 2.20. The fourth-order valence-electron chi connectivity index (χ4n) is 1.41. The molecule has 7 heteroatoms. The summed E-state index contributed by atoms with van der Waals surface area (Å²) in [6.45, 7) is 0. The van der Waals surface area contributed by atoms with Gasteiger partial charge in [-0.1, -0.05) is 35.0 Å². The normalized spacial score (nSPS) is 10.3. The summed E-state index contributed by atoms with van der Waals surface area (Å²) in [7, 11) is 0. The molecule has 0 radical (unpaired) electrons. The lowest BCUT2D eigenvalue weighted by atomic mass is 10.3. The summed E-state index contributed by atoms with van der Waals surface area (Å²) in [4.78, 5) is 16.0. The van der Waals surface area contributed by atoms with Crippen LogP contribution in [0.25, 0.3) is 0 Å². The minimum atomic E-state index is -0.141. The van der Waals surface area contributed by atoms with Crippen LogP contribution in [0.5, 0.6) is 0 Å². The molecule has 3 nitrogen and oxygen atoms in total. The number of hydrogen-bond donors (Lipinski definition) is 1. The Balaban J connectivity index is 1.90. The molecule has 0 atom stereocenters. The van der Waals surface area contributed by atoms with Gasteiger partial charge in [-0.15, -0.1) is 0 Å². The summed E-state index contributed by atoms with van der Waals surface area (Å²) in [5.41, 5.74) is 0.580. The van der Waals surface area contributed by atoms with E-state index in [-0.39, 0.29) is 11.7 Å². The van der Waals surface area contributed by atoms with E-state index in [1.54, 1.807) is 24.4 Å². The number of aromatic nitrogens is 1. The summed E-state index contributed by atoms with van der Waals surface area (Å²) in [6, 6.07) is 8.63. The van der Waals surface area contributed by atoms with Crippen LogP contribution in [0.4, 0.5) is 5.69 Å². The summed E-state index contributed by atoms with van der Waals surface area (Å²) < 4.78 is 0.903. The van der Waals surface area contributed by atoms with E-state index in [0.29, 0.717) is 15.7 Å². The molecule has 0 saturated heterocycles. The Morgan fingerprint density at radius 3 is 2.55 bits per heavy atom. The van der Waals surface area contributed by atoms with Gasteiger partial charge in [0, 0.05) is 26.4 Å². The lowest BCUT2D eigenvalue weighted by Crippen LogP contribution is -2.14. The van der Waals surface area contributed by atoms with Crippen LogP contribution in [0.1, 0.15) is 0 Å². The Morgan fingerprint density at radius 1 is 1.25 bits per heavy atom. The van der Waals surface area contributed by atoms with Gasteiger partial charge < -0.3 is 5.32 Å². The van der Waals surface area contributed by atoms with Crippen LogP contribution in [0.15, 0.2) is 46.0 Å². The molecule has 1 heterocycles. The van der Waals surface area contributed by atoms with Gasteiger partial charge in [-0.25, -0.2) is 4.98 Å². The number of carbonyl (C=O) groups excluding carboxylic acids is 1. The number of carbonyl (C=O) groups is 1. The number of anilines is 1. The van der Waals surface area contributed by atoms with Crippen LogP contribution in [0.2, 0.25) is 10.0 Å². The van der Waals surface area contributed by atoms with E-state index < -0.39 is 0 Å². The monoisotopic (exact) mass is 390 g/mol. The molecule has 1 amide bonds. The zero-order valence-electron chi connectivity index (χ0n) is 10.1. The van der Waals surface area contributed by atoms with Crippen molar-refractivity contribution in [3.05, 3.63) is 51.0 Å². The first-order valence-electron chi connectivity index (χ1n) is 5.53. The zero-order valence-corrected chi connectivity index (χ0v) is 14.0. The van der Waals surface area contributed by atoms with Crippen LogP contribution in [0, 0.1) is 0 Å². The number of rotatable bonds is 4. The average Bonchev–Trinajstić information content (AvgIpc) is 2.37. The largest absolute Gasteiger partial charge is 0.325 e. The Kier molecular flexibility index (Phi) is 5.72. The standard InChI is InChI=1S/C13H9BrCl2N2OS/c14-8-1-2-13(17-6-8)20-7-12(19)18-11-4-9(15)3-10(16)5-11/h1-6H,7H2,(H,18,19). The van der Waals surface area contributed by atoms with Gasteiger partial charge in [0.05, 0.1) is 10.8 Å². The maximum atomic E-state index is 11.8. The molecule has 104 valence electrons. The molecule has 0 fully saturated rings. The highest BCUT2D eigenvalue weighted by molar-refractivity contribution is 9.10. The number of benzene rings is 1. The molecule has 0 aliphatic heterocycles. The molecule has 0 saturated carbocycles. The van der Waals surface area contributed by atoms with Crippen molar-refractivity contribution in [2.24, 2.45) is 0 Å². The lowest BCUT2D eigenvalue weighted by molar-refractivity contribution is -0.113. The lowest BCUT2D eigenvalue weighted by Gasteiger charge is -2.06. The molecule has 0 unspecified atom stereocenters. The maximum Gasteiger partial charge on any atom is 0.234 e. The number of hydrogen-bond acceptors (Lipinski definition) is 3. The van der Waals surface area contributed by atoms with Gasteiger partial charge in [0.1, 0.15) is 0 Å². The van der Waals surface area contributed by atoms with Crippen molar-refractivity contribution in [2.75, 3.05) is 11.1 Å². The van der Waals surface area contributed by atoms with Crippen molar-refractivity contribution in [1.29, 1.82) is 0 Å². The number of thioether (sulfide) groups is 1. The highest BCUT2D eigenvalue weighted by Gasteiger charge is 2.06. The van der Waals surface area contributed by atoms with Crippen LogP contribution in [0.3, 0.4) is 0 Å². The fraction of sp³-hybridized carbons (Fsp3) is 0.0769. The molecule has 20 heavy (non-hydrogen) atoms. The predicted octanol–water partition coefficient (Wildman–Crippen LogP) is 4.88. The maximum absolute atomic E-state index is 11.8. The molecule has 0 aliphatic rings. The predicted molar refractivity (Wildman–Crippen MR) is 87.8 cm³/mol. The first kappa shape index (κ1) is 15.6. The molecule has 0 spiro atoms. The topological polar surface area (TPSA) is 42.0 Å². The van der Waals surface area contributed by atoms with E-state index in [9.17, 15) is 4.79 Å². The number of nitrogens with one attached hydrogen (secondary N) is 1. The SMILES string of the molecule is O=C(CSc1ccc(Br)cn1)Nc1cc(Cl)cc(Cl)c1. The van der Waals surface area contributed by atoms with Crippen LogP contribution < -0.4 is 5.32 Å². The van der Waals surface area contributed by atoms with E-state index in [1.807, 2.05) is 12.1 Å². The summed E-state index contributed by atoms with van der Waals surface area (Å²) in [5.74, 6) is 0.122. The molecule has 2 aromatic rings. The Bertz CT molecular complexity index is 602. The zero-order chi connectivity index (χ0) is 14.5. The second kappa shape index (κ2) is 7.31. The molecule has 1 aromatic heterocycles. The summed E-state index contributed by atoms with van der Waals surface area (Å²) in [5, 5.41) is 4.49. The minimum absolute atomic E-state index is 0.141. The smallest absolute Gasteiger partial charge is 0.234 e. The van der Waals surface area contributed by atoms with E-state index in [2.05, 4.69) is 26.2 Å². The Hall–Kier alpha value is -0.750. The van der Waals surface area contributed by atoms with Crippen molar-refractivity contribution in [3.8, 4) is 0 Å². The molecule has 1 N–H and O–H groups in total. The van der Waals surface area contributed by atoms with Crippen molar-refractivity contribution in [3.63, 3.8) is 0 Å². The number of pyridine rings is 1. The quantitative estimate of drug-likeness (QED) is 0.755. The first-order valence-corrected chi connectivity index (χ1v) is 8.07. The summed E-state index contributed by atoms with van der Waals surface area (Å²) in [6.07, 6.45) is 1.69. The number of halogens is 3. The molecule has 1 aromatic carbocycles. The van der Waals surface area contributed by atoms with E-state index >= 15 is 0 Å². The van der Waals surface area contributed by atoms with E-state index in [4.69, 9.17) is 23.2 Å². The first-order chi connectivity index (χ1) is 9.52. The molecular weight excluding hydrogens is 383 g/mol. The van der Waals surface area contributed by atoms with Gasteiger partial charge >= 0.3 is 0 Å². The van der Waals surface area contributed by atoms with Gasteiger partial charge in [-0.2, -0.15) is 0 Å². The van der Waals surface area contributed by atoms with Crippen LogP contribution in [-0.4, -0.2) is 16.6 Å². The van der Waals surface area contributed by atoms with Gasteiger partial charge in [0.25, 0.3) is 0 Å². The van der Waals surface area contributed by atoms with Gasteiger partial charge in [-0.05, 0) is 46.3 Å². The van der Waals surface area contributed by atoms with Gasteiger partial charge in [-0.3, -0.25) is 4.79 Å². The van der Waals surface area contributed by atoms with E-state index in [0.717, 1.165) is 9.50 Å². The van der Waals surface area contributed by atoms with Crippen molar-refractivity contribution in [2.45, 2.75) is 5.03 Å². The van der Waals surface area contributed by atoms with Gasteiger partial charge in [0.15, 0.2) is 0 Å². The molecule has 2 rings (SSSR count). The van der Waals surface area contributed by atoms with Crippen LogP contribution >= 0.6 is 50.9 Å².